The van der Waals surface area contributed by atoms with Crippen LogP contribution >= 0.6 is 11.3 Å². The molecule has 0 fully saturated rings. The summed E-state index contributed by atoms with van der Waals surface area (Å²) in [7, 11) is 0. The molecule has 10 aromatic rings. The summed E-state index contributed by atoms with van der Waals surface area (Å²) in [5.41, 5.74) is 11.7. The molecule has 0 atom stereocenters. The van der Waals surface area contributed by atoms with E-state index in [2.05, 4.69) is 204 Å². The average Bonchev–Trinajstić information content (AvgIpc) is 3.75. The highest BCUT2D eigenvalue weighted by molar-refractivity contribution is 7.26. The predicted octanol–water partition coefficient (Wildman–Crippen LogP) is 14.0. The first-order valence-electron chi connectivity index (χ1n) is 17.4. The molecule has 0 aliphatic carbocycles. The van der Waals surface area contributed by atoms with Gasteiger partial charge in [-0.2, -0.15) is 0 Å². The summed E-state index contributed by atoms with van der Waals surface area (Å²) in [5.74, 6) is 0. The number of fused-ring (bicyclic) bond motifs is 6. The van der Waals surface area contributed by atoms with E-state index in [1.54, 1.807) is 0 Å². The lowest BCUT2D eigenvalue weighted by Gasteiger charge is -2.29. The standard InChI is InChI=1S/C48H32N2S/c1-2-15-33(16-3-1)34-17-12-19-36(31-34)50(46-29-14-25-42-41-24-7-11-30-47(41)51-48(42)46)43-26-8-4-21-38(43)35-18-13-20-37(32-35)49-44-27-9-5-22-39(44)40-23-6-10-28-45(40)49/h1-32H. The lowest BCUT2D eigenvalue weighted by atomic mass is 10.00. The van der Waals surface area contributed by atoms with Crippen LogP contribution in [0.15, 0.2) is 194 Å². The molecule has 0 amide bonds. The van der Waals surface area contributed by atoms with Crippen LogP contribution in [-0.2, 0) is 0 Å². The Labute approximate surface area is 300 Å². The molecule has 0 saturated heterocycles. The third-order valence-corrected chi connectivity index (χ3v) is 11.2. The van der Waals surface area contributed by atoms with Crippen molar-refractivity contribution >= 4 is 70.4 Å². The second-order valence-corrected chi connectivity index (χ2v) is 14.0. The Morgan fingerprint density at radius 1 is 0.392 bits per heavy atom. The van der Waals surface area contributed by atoms with Gasteiger partial charge in [0, 0.05) is 43.2 Å². The Balaban J connectivity index is 1.21. The SMILES string of the molecule is c1ccc(-c2cccc(N(c3ccccc3-c3cccc(-n4c5ccccc5c5ccccc54)c3)c3cccc4c3sc3ccccc34)c2)cc1. The van der Waals surface area contributed by atoms with Crippen LogP contribution in [0.25, 0.3) is 69.9 Å². The third-order valence-electron chi connectivity index (χ3n) is 9.98. The van der Waals surface area contributed by atoms with Crippen molar-refractivity contribution in [3.63, 3.8) is 0 Å². The van der Waals surface area contributed by atoms with Crippen molar-refractivity contribution in [3.8, 4) is 27.9 Å². The van der Waals surface area contributed by atoms with E-state index in [4.69, 9.17) is 0 Å². The van der Waals surface area contributed by atoms with Gasteiger partial charge in [0.2, 0.25) is 0 Å². The molecule has 8 aromatic carbocycles. The van der Waals surface area contributed by atoms with Gasteiger partial charge in [0.1, 0.15) is 0 Å². The average molecular weight is 669 g/mol. The summed E-state index contributed by atoms with van der Waals surface area (Å²) in [6, 6.07) is 70.4. The van der Waals surface area contributed by atoms with E-state index in [9.17, 15) is 0 Å². The van der Waals surface area contributed by atoms with Crippen molar-refractivity contribution in [3.05, 3.63) is 194 Å². The fourth-order valence-corrected chi connectivity index (χ4v) is 8.90. The zero-order chi connectivity index (χ0) is 33.7. The van der Waals surface area contributed by atoms with Gasteiger partial charge in [-0.3, -0.25) is 0 Å². The highest BCUT2D eigenvalue weighted by atomic mass is 32.1. The molecule has 0 N–H and O–H groups in total. The van der Waals surface area contributed by atoms with Gasteiger partial charge < -0.3 is 9.47 Å². The largest absolute Gasteiger partial charge is 0.309 e. The maximum atomic E-state index is 2.46. The van der Waals surface area contributed by atoms with Crippen molar-refractivity contribution in [2.45, 2.75) is 0 Å². The molecule has 0 spiro atoms. The van der Waals surface area contributed by atoms with Crippen molar-refractivity contribution in [1.82, 2.24) is 4.57 Å². The summed E-state index contributed by atoms with van der Waals surface area (Å²) < 4.78 is 4.97. The zero-order valence-electron chi connectivity index (χ0n) is 27.8. The summed E-state index contributed by atoms with van der Waals surface area (Å²) >= 11 is 1.87. The second-order valence-electron chi connectivity index (χ2n) is 12.9. The minimum Gasteiger partial charge on any atom is -0.309 e. The summed E-state index contributed by atoms with van der Waals surface area (Å²) in [4.78, 5) is 2.46. The quantitative estimate of drug-likeness (QED) is 0.171. The minimum atomic E-state index is 1.12. The number of nitrogens with zero attached hydrogens (tertiary/aromatic N) is 2. The van der Waals surface area contributed by atoms with Crippen LogP contribution in [0.5, 0.6) is 0 Å². The van der Waals surface area contributed by atoms with Gasteiger partial charge in [0.15, 0.2) is 0 Å². The number of aromatic nitrogens is 1. The maximum absolute atomic E-state index is 2.46. The number of para-hydroxylation sites is 3. The fourth-order valence-electron chi connectivity index (χ4n) is 7.70. The molecule has 3 heteroatoms. The molecule has 0 radical (unpaired) electrons. The van der Waals surface area contributed by atoms with E-state index >= 15 is 0 Å². The smallest absolute Gasteiger partial charge is 0.0640 e. The molecule has 0 bridgehead atoms. The van der Waals surface area contributed by atoms with Crippen LogP contribution in [0, 0.1) is 0 Å². The van der Waals surface area contributed by atoms with Gasteiger partial charge in [-0.25, -0.2) is 0 Å². The van der Waals surface area contributed by atoms with Crippen LogP contribution < -0.4 is 4.90 Å². The third kappa shape index (κ3) is 4.93. The number of hydrogen-bond donors (Lipinski definition) is 0. The molecular formula is C48H32N2S. The minimum absolute atomic E-state index is 1.12. The first-order valence-corrected chi connectivity index (χ1v) is 18.2. The molecule has 0 aliphatic heterocycles. The number of anilines is 3. The van der Waals surface area contributed by atoms with Gasteiger partial charge in [0.05, 0.1) is 27.1 Å². The first-order chi connectivity index (χ1) is 25.3. The summed E-state index contributed by atoms with van der Waals surface area (Å²) in [5, 5.41) is 5.10. The maximum Gasteiger partial charge on any atom is 0.0640 e. The van der Waals surface area contributed by atoms with Crippen LogP contribution in [0.4, 0.5) is 17.1 Å². The molecule has 0 saturated carbocycles. The lowest BCUT2D eigenvalue weighted by molar-refractivity contribution is 1.18. The Morgan fingerprint density at radius 3 is 1.80 bits per heavy atom. The van der Waals surface area contributed by atoms with Crippen LogP contribution in [0.2, 0.25) is 0 Å². The molecule has 2 nitrogen and oxygen atoms in total. The van der Waals surface area contributed by atoms with Gasteiger partial charge in [0.25, 0.3) is 0 Å². The molecule has 51 heavy (non-hydrogen) atoms. The number of hydrogen-bond acceptors (Lipinski definition) is 2. The monoisotopic (exact) mass is 668 g/mol. The molecule has 2 heterocycles. The summed E-state index contributed by atoms with van der Waals surface area (Å²) in [6.45, 7) is 0. The van der Waals surface area contributed by atoms with Gasteiger partial charge >= 0.3 is 0 Å². The second kappa shape index (κ2) is 12.2. The Bertz CT molecular complexity index is 2830. The van der Waals surface area contributed by atoms with Crippen LogP contribution in [0.3, 0.4) is 0 Å². The molecular weight excluding hydrogens is 637 g/mol. The van der Waals surface area contributed by atoms with Crippen molar-refractivity contribution < 1.29 is 0 Å². The Hall–Kier alpha value is -6.42. The number of benzene rings is 8. The highest BCUT2D eigenvalue weighted by Crippen LogP contribution is 2.47. The van der Waals surface area contributed by atoms with Crippen LogP contribution in [-0.4, -0.2) is 4.57 Å². The van der Waals surface area contributed by atoms with E-state index in [0.29, 0.717) is 0 Å². The molecule has 0 aliphatic rings. The normalized spacial score (nSPS) is 11.5. The van der Waals surface area contributed by atoms with Crippen LogP contribution in [0.1, 0.15) is 0 Å². The lowest BCUT2D eigenvalue weighted by Crippen LogP contribution is -2.11. The van der Waals surface area contributed by atoms with E-state index in [1.165, 1.54) is 64.4 Å². The summed E-state index contributed by atoms with van der Waals surface area (Å²) in [6.07, 6.45) is 0. The number of rotatable bonds is 6. The predicted molar refractivity (Wildman–Crippen MR) is 219 cm³/mol. The zero-order valence-corrected chi connectivity index (χ0v) is 28.6. The molecule has 0 unspecified atom stereocenters. The van der Waals surface area contributed by atoms with Gasteiger partial charge in [-0.05, 0) is 71.3 Å². The van der Waals surface area contributed by atoms with Crippen molar-refractivity contribution in [2.75, 3.05) is 4.90 Å². The van der Waals surface area contributed by atoms with Crippen molar-refractivity contribution in [2.24, 2.45) is 0 Å². The molecule has 10 rings (SSSR count). The highest BCUT2D eigenvalue weighted by Gasteiger charge is 2.22. The van der Waals surface area contributed by atoms with E-state index in [1.807, 2.05) is 11.3 Å². The first kappa shape index (κ1) is 29.5. The molecule has 240 valence electrons. The van der Waals surface area contributed by atoms with E-state index in [0.717, 1.165) is 22.6 Å². The van der Waals surface area contributed by atoms with E-state index < -0.39 is 0 Å². The van der Waals surface area contributed by atoms with Gasteiger partial charge in [-0.15, -0.1) is 11.3 Å². The number of thiophene rings is 1. The fraction of sp³-hybridized carbons (Fsp3) is 0. The van der Waals surface area contributed by atoms with Gasteiger partial charge in [-0.1, -0.05) is 140 Å². The Kier molecular flexibility index (Phi) is 7.04. The topological polar surface area (TPSA) is 8.17 Å². The van der Waals surface area contributed by atoms with E-state index in [-0.39, 0.29) is 0 Å². The Morgan fingerprint density at radius 2 is 0.980 bits per heavy atom. The van der Waals surface area contributed by atoms with Crippen molar-refractivity contribution in [1.29, 1.82) is 0 Å². The molecule has 2 aromatic heterocycles.